The SMILES string of the molecule is CC(C)n1ncc(Cl)c1C(NN)C1CC2CCC1C2. The second kappa shape index (κ2) is 5.08. The zero-order valence-electron chi connectivity index (χ0n) is 11.6. The minimum atomic E-state index is 0.132. The van der Waals surface area contributed by atoms with E-state index >= 15 is 0 Å². The number of fused-ring (bicyclic) bond motifs is 2. The Bertz CT molecular complexity index is 456. The van der Waals surface area contributed by atoms with Gasteiger partial charge >= 0.3 is 0 Å². The topological polar surface area (TPSA) is 55.9 Å². The number of nitrogens with one attached hydrogen (secondary N) is 1. The Morgan fingerprint density at radius 2 is 2.21 bits per heavy atom. The van der Waals surface area contributed by atoms with Crippen LogP contribution in [0, 0.1) is 17.8 Å². The van der Waals surface area contributed by atoms with Gasteiger partial charge in [0.15, 0.2) is 0 Å². The molecule has 2 fully saturated rings. The molecule has 1 heterocycles. The molecule has 0 aliphatic heterocycles. The lowest BCUT2D eigenvalue weighted by Gasteiger charge is -2.31. The maximum Gasteiger partial charge on any atom is 0.0834 e. The summed E-state index contributed by atoms with van der Waals surface area (Å²) in [5, 5.41) is 5.14. The molecule has 2 bridgehead atoms. The summed E-state index contributed by atoms with van der Waals surface area (Å²) in [6.45, 7) is 4.25. The van der Waals surface area contributed by atoms with E-state index in [0.29, 0.717) is 12.0 Å². The second-order valence-electron chi connectivity index (χ2n) is 6.40. The van der Waals surface area contributed by atoms with Gasteiger partial charge in [0.05, 0.1) is 23.0 Å². The lowest BCUT2D eigenvalue weighted by atomic mass is 9.82. The fourth-order valence-corrected chi connectivity index (χ4v) is 4.41. The number of rotatable bonds is 4. The Morgan fingerprint density at radius 3 is 2.74 bits per heavy atom. The maximum absolute atomic E-state index is 6.36. The van der Waals surface area contributed by atoms with Crippen molar-refractivity contribution in [2.24, 2.45) is 23.6 Å². The molecule has 3 N–H and O–H groups in total. The number of nitrogens with zero attached hydrogens (tertiary/aromatic N) is 2. The fourth-order valence-electron chi connectivity index (χ4n) is 4.16. The molecular weight excluding hydrogens is 260 g/mol. The summed E-state index contributed by atoms with van der Waals surface area (Å²) in [5.41, 5.74) is 4.09. The van der Waals surface area contributed by atoms with E-state index in [1.54, 1.807) is 6.20 Å². The molecule has 5 heteroatoms. The van der Waals surface area contributed by atoms with Gasteiger partial charge in [-0.25, -0.2) is 0 Å². The first-order valence-electron chi connectivity index (χ1n) is 7.30. The summed E-state index contributed by atoms with van der Waals surface area (Å²) in [5.74, 6) is 8.18. The van der Waals surface area contributed by atoms with Gasteiger partial charge in [0, 0.05) is 6.04 Å². The van der Waals surface area contributed by atoms with Crippen LogP contribution in [0.1, 0.15) is 57.3 Å². The summed E-state index contributed by atoms with van der Waals surface area (Å²) in [4.78, 5) is 0. The molecule has 0 radical (unpaired) electrons. The highest BCUT2D eigenvalue weighted by Crippen LogP contribution is 2.53. The standard InChI is InChI=1S/C14H23ClN4/c1-8(2)19-14(12(15)7-17-19)13(18-16)11-6-9-3-4-10(11)5-9/h7-11,13,18H,3-6,16H2,1-2H3. The summed E-state index contributed by atoms with van der Waals surface area (Å²) in [6.07, 6.45) is 7.14. The summed E-state index contributed by atoms with van der Waals surface area (Å²) < 4.78 is 2.01. The first-order chi connectivity index (χ1) is 9.11. The van der Waals surface area contributed by atoms with Crippen molar-refractivity contribution < 1.29 is 0 Å². The van der Waals surface area contributed by atoms with Crippen molar-refractivity contribution in [2.45, 2.75) is 51.6 Å². The average Bonchev–Trinajstić information content (AvgIpc) is 3.06. The third kappa shape index (κ3) is 2.20. The first kappa shape index (κ1) is 13.4. The van der Waals surface area contributed by atoms with Gasteiger partial charge in [0.2, 0.25) is 0 Å². The van der Waals surface area contributed by atoms with Crippen LogP contribution in [0.5, 0.6) is 0 Å². The molecule has 2 saturated carbocycles. The van der Waals surface area contributed by atoms with Crippen LogP contribution in [0.15, 0.2) is 6.20 Å². The Kier molecular flexibility index (Phi) is 3.58. The Hall–Kier alpha value is -0.580. The number of hydrazine groups is 1. The molecule has 2 aliphatic carbocycles. The summed E-state index contributed by atoms with van der Waals surface area (Å²) >= 11 is 6.36. The number of hydrogen-bond acceptors (Lipinski definition) is 3. The van der Waals surface area contributed by atoms with Gasteiger partial charge < -0.3 is 0 Å². The van der Waals surface area contributed by atoms with Crippen molar-refractivity contribution >= 4 is 11.6 Å². The minimum absolute atomic E-state index is 0.132. The van der Waals surface area contributed by atoms with Gasteiger partial charge in [-0.3, -0.25) is 16.0 Å². The number of hydrogen-bond donors (Lipinski definition) is 2. The summed E-state index contributed by atoms with van der Waals surface area (Å²) in [7, 11) is 0. The Balaban J connectivity index is 1.92. The minimum Gasteiger partial charge on any atom is -0.271 e. The Labute approximate surface area is 119 Å². The smallest absolute Gasteiger partial charge is 0.0834 e. The number of halogens is 1. The number of aromatic nitrogens is 2. The monoisotopic (exact) mass is 282 g/mol. The molecule has 19 heavy (non-hydrogen) atoms. The van der Waals surface area contributed by atoms with Crippen LogP contribution in [-0.2, 0) is 0 Å². The highest BCUT2D eigenvalue weighted by molar-refractivity contribution is 6.31. The van der Waals surface area contributed by atoms with Crippen LogP contribution in [0.3, 0.4) is 0 Å². The zero-order valence-corrected chi connectivity index (χ0v) is 12.4. The van der Waals surface area contributed by atoms with Crippen molar-refractivity contribution in [3.05, 3.63) is 16.9 Å². The third-order valence-electron chi connectivity index (χ3n) is 4.97. The van der Waals surface area contributed by atoms with Crippen LogP contribution < -0.4 is 11.3 Å². The summed E-state index contributed by atoms with van der Waals surface area (Å²) in [6, 6.07) is 0.435. The van der Waals surface area contributed by atoms with Crippen molar-refractivity contribution in [1.29, 1.82) is 0 Å². The molecule has 0 amide bonds. The van der Waals surface area contributed by atoms with Crippen molar-refractivity contribution in [1.82, 2.24) is 15.2 Å². The van der Waals surface area contributed by atoms with Gasteiger partial charge in [-0.2, -0.15) is 5.10 Å². The molecule has 1 aromatic rings. The van der Waals surface area contributed by atoms with Crippen molar-refractivity contribution in [3.63, 3.8) is 0 Å². The van der Waals surface area contributed by atoms with Gasteiger partial charge in [0.25, 0.3) is 0 Å². The van der Waals surface area contributed by atoms with Crippen molar-refractivity contribution in [3.8, 4) is 0 Å². The van der Waals surface area contributed by atoms with Gasteiger partial charge in [0.1, 0.15) is 0 Å². The predicted octanol–water partition coefficient (Wildman–Crippen LogP) is 3.06. The molecule has 4 nitrogen and oxygen atoms in total. The van der Waals surface area contributed by atoms with E-state index in [1.165, 1.54) is 25.7 Å². The van der Waals surface area contributed by atoms with Crippen molar-refractivity contribution in [2.75, 3.05) is 0 Å². The highest BCUT2D eigenvalue weighted by Gasteiger charge is 2.44. The van der Waals surface area contributed by atoms with Crippen LogP contribution in [0.2, 0.25) is 5.02 Å². The lowest BCUT2D eigenvalue weighted by molar-refractivity contribution is 0.240. The molecule has 4 unspecified atom stereocenters. The molecule has 2 aliphatic rings. The van der Waals surface area contributed by atoms with Crippen LogP contribution >= 0.6 is 11.6 Å². The average molecular weight is 283 g/mol. The lowest BCUT2D eigenvalue weighted by Crippen LogP contribution is -2.37. The van der Waals surface area contributed by atoms with E-state index in [9.17, 15) is 0 Å². The van der Waals surface area contributed by atoms with E-state index in [0.717, 1.165) is 22.6 Å². The van der Waals surface area contributed by atoms with E-state index in [2.05, 4.69) is 24.4 Å². The molecule has 0 spiro atoms. The Morgan fingerprint density at radius 1 is 1.42 bits per heavy atom. The molecule has 1 aromatic heterocycles. The molecule has 0 aromatic carbocycles. The normalized spacial score (nSPS) is 31.3. The van der Waals surface area contributed by atoms with Gasteiger partial charge in [-0.05, 0) is 50.9 Å². The maximum atomic E-state index is 6.36. The van der Waals surface area contributed by atoms with E-state index < -0.39 is 0 Å². The quantitative estimate of drug-likeness (QED) is 0.659. The van der Waals surface area contributed by atoms with E-state index in [1.807, 2.05) is 4.68 Å². The largest absolute Gasteiger partial charge is 0.271 e. The van der Waals surface area contributed by atoms with Crippen LogP contribution in [0.25, 0.3) is 0 Å². The second-order valence-corrected chi connectivity index (χ2v) is 6.81. The molecule has 106 valence electrons. The van der Waals surface area contributed by atoms with E-state index in [4.69, 9.17) is 17.4 Å². The fraction of sp³-hybridized carbons (Fsp3) is 0.786. The van der Waals surface area contributed by atoms with Gasteiger partial charge in [-0.15, -0.1) is 0 Å². The van der Waals surface area contributed by atoms with E-state index in [-0.39, 0.29) is 6.04 Å². The third-order valence-corrected chi connectivity index (χ3v) is 5.26. The first-order valence-corrected chi connectivity index (χ1v) is 7.68. The predicted molar refractivity (Wildman–Crippen MR) is 76.6 cm³/mol. The molecular formula is C14H23ClN4. The van der Waals surface area contributed by atoms with Crippen LogP contribution in [-0.4, -0.2) is 9.78 Å². The zero-order chi connectivity index (χ0) is 13.6. The molecule has 0 saturated heterocycles. The number of nitrogens with two attached hydrogens (primary N) is 1. The molecule has 4 atom stereocenters. The molecule has 3 rings (SSSR count). The van der Waals surface area contributed by atoms with Crippen LogP contribution in [0.4, 0.5) is 0 Å². The highest BCUT2D eigenvalue weighted by atomic mass is 35.5. The van der Waals surface area contributed by atoms with Gasteiger partial charge in [-0.1, -0.05) is 18.0 Å².